The normalized spacial score (nSPS) is 14.3. The quantitative estimate of drug-likeness (QED) is 0.630. The Bertz CT molecular complexity index is 393. The zero-order valence-corrected chi connectivity index (χ0v) is 7.35. The van der Waals surface area contributed by atoms with Crippen LogP contribution in [0.3, 0.4) is 0 Å². The van der Waals surface area contributed by atoms with Crippen LogP contribution in [0.5, 0.6) is 5.75 Å². The lowest BCUT2D eigenvalue weighted by molar-refractivity contribution is 0.0476. The second kappa shape index (κ2) is 4.21. The van der Waals surface area contributed by atoms with Crippen LogP contribution in [0.4, 0.5) is 8.78 Å². The first-order chi connectivity index (χ1) is 6.97. The van der Waals surface area contributed by atoms with E-state index in [1.54, 1.807) is 0 Å². The molecule has 1 aromatic carbocycles. The van der Waals surface area contributed by atoms with Gasteiger partial charge in [0, 0.05) is 12.1 Å². The summed E-state index contributed by atoms with van der Waals surface area (Å²) in [6, 6.07) is 2.39. The van der Waals surface area contributed by atoms with Gasteiger partial charge in [-0.05, 0) is 0 Å². The number of phenols is 1. The molecule has 0 aliphatic carbocycles. The standard InChI is InChI=1S/C9H7F2NO3/c10-5-1-4(13)2-6(11)8(5)9(15)7(14)3-12/h1-2,7,9,13-15H. The van der Waals surface area contributed by atoms with Crippen LogP contribution in [0.1, 0.15) is 11.7 Å². The predicted octanol–water partition coefficient (Wildman–Crippen LogP) is 0.588. The summed E-state index contributed by atoms with van der Waals surface area (Å²) >= 11 is 0. The average Bonchev–Trinajstić information content (AvgIpc) is 2.14. The molecule has 0 heterocycles. The Morgan fingerprint density at radius 2 is 1.67 bits per heavy atom. The van der Waals surface area contributed by atoms with E-state index in [0.717, 1.165) is 0 Å². The number of rotatable bonds is 2. The first-order valence-corrected chi connectivity index (χ1v) is 3.91. The van der Waals surface area contributed by atoms with Crippen molar-refractivity contribution in [2.45, 2.75) is 12.2 Å². The van der Waals surface area contributed by atoms with Gasteiger partial charge in [0.1, 0.15) is 23.5 Å². The lowest BCUT2D eigenvalue weighted by atomic mass is 10.0. The Hall–Kier alpha value is -1.71. The van der Waals surface area contributed by atoms with Crippen molar-refractivity contribution < 1.29 is 24.1 Å². The van der Waals surface area contributed by atoms with Crippen LogP contribution in [0.15, 0.2) is 12.1 Å². The van der Waals surface area contributed by atoms with Crippen molar-refractivity contribution in [3.63, 3.8) is 0 Å². The molecule has 15 heavy (non-hydrogen) atoms. The minimum atomic E-state index is -1.99. The van der Waals surface area contributed by atoms with Gasteiger partial charge >= 0.3 is 0 Å². The monoisotopic (exact) mass is 215 g/mol. The fourth-order valence-electron chi connectivity index (χ4n) is 1.08. The number of nitriles is 1. The van der Waals surface area contributed by atoms with Gasteiger partial charge in [-0.1, -0.05) is 0 Å². The highest BCUT2D eigenvalue weighted by atomic mass is 19.1. The van der Waals surface area contributed by atoms with E-state index in [0.29, 0.717) is 12.1 Å². The maximum atomic E-state index is 13.1. The summed E-state index contributed by atoms with van der Waals surface area (Å²) in [5, 5.41) is 35.2. The summed E-state index contributed by atoms with van der Waals surface area (Å²) in [4.78, 5) is 0. The molecule has 1 aromatic rings. The van der Waals surface area contributed by atoms with Gasteiger partial charge in [0.15, 0.2) is 6.10 Å². The highest BCUT2D eigenvalue weighted by molar-refractivity contribution is 5.31. The zero-order valence-electron chi connectivity index (χ0n) is 7.35. The molecule has 4 nitrogen and oxygen atoms in total. The van der Waals surface area contributed by atoms with Crippen molar-refractivity contribution in [1.29, 1.82) is 5.26 Å². The number of aliphatic hydroxyl groups excluding tert-OH is 2. The molecule has 0 spiro atoms. The number of hydrogen-bond donors (Lipinski definition) is 3. The second-order valence-corrected chi connectivity index (χ2v) is 2.84. The maximum Gasteiger partial charge on any atom is 0.170 e. The smallest absolute Gasteiger partial charge is 0.170 e. The molecule has 0 fully saturated rings. The van der Waals surface area contributed by atoms with E-state index >= 15 is 0 Å². The van der Waals surface area contributed by atoms with E-state index in [9.17, 15) is 13.9 Å². The number of aliphatic hydroxyl groups is 2. The van der Waals surface area contributed by atoms with Crippen LogP contribution in [0.25, 0.3) is 0 Å². The van der Waals surface area contributed by atoms with Crippen molar-refractivity contribution in [3.8, 4) is 11.8 Å². The molecule has 80 valence electrons. The third-order valence-electron chi connectivity index (χ3n) is 1.79. The van der Waals surface area contributed by atoms with Crippen molar-refractivity contribution in [2.75, 3.05) is 0 Å². The van der Waals surface area contributed by atoms with Crippen LogP contribution in [0, 0.1) is 23.0 Å². The molecule has 0 saturated carbocycles. The summed E-state index contributed by atoms with van der Waals surface area (Å²) in [7, 11) is 0. The van der Waals surface area contributed by atoms with E-state index in [1.165, 1.54) is 6.07 Å². The molecule has 0 saturated heterocycles. The lowest BCUT2D eigenvalue weighted by Gasteiger charge is -2.13. The Morgan fingerprint density at radius 3 is 2.07 bits per heavy atom. The van der Waals surface area contributed by atoms with Gasteiger partial charge in [-0.15, -0.1) is 0 Å². The fourth-order valence-corrected chi connectivity index (χ4v) is 1.08. The molecule has 6 heteroatoms. The highest BCUT2D eigenvalue weighted by Gasteiger charge is 2.25. The Kier molecular flexibility index (Phi) is 3.19. The van der Waals surface area contributed by atoms with E-state index < -0.39 is 35.2 Å². The van der Waals surface area contributed by atoms with E-state index in [4.69, 9.17) is 15.5 Å². The SMILES string of the molecule is N#CC(O)C(O)c1c(F)cc(O)cc1F. The topological polar surface area (TPSA) is 84.5 Å². The Labute approximate surface area is 83.6 Å². The van der Waals surface area contributed by atoms with Gasteiger partial charge in [-0.3, -0.25) is 0 Å². The molecule has 2 atom stereocenters. The molecule has 0 bridgehead atoms. The minimum absolute atomic E-state index is 0.575. The largest absolute Gasteiger partial charge is 0.508 e. The molecule has 0 amide bonds. The van der Waals surface area contributed by atoms with E-state index in [2.05, 4.69) is 0 Å². The van der Waals surface area contributed by atoms with Crippen LogP contribution in [-0.2, 0) is 0 Å². The van der Waals surface area contributed by atoms with Crippen molar-refractivity contribution in [2.24, 2.45) is 0 Å². The molecule has 0 aliphatic rings. The zero-order chi connectivity index (χ0) is 11.6. The second-order valence-electron chi connectivity index (χ2n) is 2.84. The maximum absolute atomic E-state index is 13.1. The molecule has 0 aliphatic heterocycles. The number of hydrogen-bond acceptors (Lipinski definition) is 4. The minimum Gasteiger partial charge on any atom is -0.508 e. The van der Waals surface area contributed by atoms with E-state index in [1.807, 2.05) is 0 Å². The van der Waals surface area contributed by atoms with Gasteiger partial charge in [0.05, 0.1) is 11.6 Å². The van der Waals surface area contributed by atoms with Crippen LogP contribution >= 0.6 is 0 Å². The first-order valence-electron chi connectivity index (χ1n) is 3.91. The van der Waals surface area contributed by atoms with Gasteiger partial charge in [0.2, 0.25) is 0 Å². The molecular formula is C9H7F2NO3. The fraction of sp³-hybridized carbons (Fsp3) is 0.222. The van der Waals surface area contributed by atoms with Crippen molar-refractivity contribution in [1.82, 2.24) is 0 Å². The lowest BCUT2D eigenvalue weighted by Crippen LogP contribution is -2.18. The van der Waals surface area contributed by atoms with Crippen LogP contribution in [0.2, 0.25) is 0 Å². The first kappa shape index (κ1) is 11.4. The van der Waals surface area contributed by atoms with Crippen LogP contribution in [-0.4, -0.2) is 21.4 Å². The molecule has 0 radical (unpaired) electrons. The summed E-state index contributed by atoms with van der Waals surface area (Å²) < 4.78 is 26.2. The van der Waals surface area contributed by atoms with Gasteiger partial charge < -0.3 is 15.3 Å². The number of nitrogens with zero attached hydrogens (tertiary/aromatic N) is 1. The van der Waals surface area contributed by atoms with Crippen molar-refractivity contribution >= 4 is 0 Å². The number of phenolic OH excluding ortho intramolecular Hbond substituents is 1. The van der Waals surface area contributed by atoms with Gasteiger partial charge in [-0.2, -0.15) is 5.26 Å². The number of halogens is 2. The van der Waals surface area contributed by atoms with Crippen LogP contribution < -0.4 is 0 Å². The van der Waals surface area contributed by atoms with Gasteiger partial charge in [0.25, 0.3) is 0 Å². The predicted molar refractivity (Wildman–Crippen MR) is 44.6 cm³/mol. The van der Waals surface area contributed by atoms with E-state index in [-0.39, 0.29) is 0 Å². The Morgan fingerprint density at radius 1 is 1.20 bits per heavy atom. The Balaban J connectivity index is 3.21. The molecule has 2 unspecified atom stereocenters. The molecular weight excluding hydrogens is 208 g/mol. The van der Waals surface area contributed by atoms with Crippen molar-refractivity contribution in [3.05, 3.63) is 29.3 Å². The highest BCUT2D eigenvalue weighted by Crippen LogP contribution is 2.26. The third-order valence-corrected chi connectivity index (χ3v) is 1.79. The molecule has 1 rings (SSSR count). The molecule has 3 N–H and O–H groups in total. The number of aromatic hydroxyl groups is 1. The summed E-state index contributed by atoms with van der Waals surface area (Å²) in [5.74, 6) is -3.10. The summed E-state index contributed by atoms with van der Waals surface area (Å²) in [6.07, 6.45) is -3.92. The summed E-state index contributed by atoms with van der Waals surface area (Å²) in [6.45, 7) is 0. The third kappa shape index (κ3) is 2.21. The molecule has 0 aromatic heterocycles. The van der Waals surface area contributed by atoms with Gasteiger partial charge in [-0.25, -0.2) is 8.78 Å². The number of benzene rings is 1. The average molecular weight is 215 g/mol. The summed E-state index contributed by atoms with van der Waals surface area (Å²) in [5.41, 5.74) is -0.846.